The molecule has 1 saturated heterocycles. The molecular weight excluding hydrogens is 316 g/mol. The van der Waals surface area contributed by atoms with Gasteiger partial charge in [-0.3, -0.25) is 9.69 Å². The van der Waals surface area contributed by atoms with Crippen molar-refractivity contribution in [1.82, 2.24) is 19.9 Å². The number of amides is 1. The predicted octanol–water partition coefficient (Wildman–Crippen LogP) is 2.75. The van der Waals surface area contributed by atoms with Crippen molar-refractivity contribution in [2.24, 2.45) is 0 Å². The molecule has 6 nitrogen and oxygen atoms in total. The average Bonchev–Trinajstić information content (AvgIpc) is 3.26. The number of likely N-dealkylation sites (tertiary alicyclic amines) is 1. The van der Waals surface area contributed by atoms with Gasteiger partial charge in [0.15, 0.2) is 5.82 Å². The summed E-state index contributed by atoms with van der Waals surface area (Å²) in [6.45, 7) is 4.55. The molecule has 2 heterocycles. The van der Waals surface area contributed by atoms with Crippen molar-refractivity contribution in [1.29, 1.82) is 0 Å². The Labute approximate surface area is 149 Å². The van der Waals surface area contributed by atoms with Crippen LogP contribution in [0.4, 0.5) is 0 Å². The standard InChI is InChI=1S/C19H30N4O2/c1-14(24)23(17-9-11-22(13-17)16-7-2-3-8-16)12-10-18-20-19(25-21-18)15-5-4-6-15/h15-17H,2-13H2,1H3. The number of rotatable bonds is 6. The zero-order chi connectivity index (χ0) is 17.2. The van der Waals surface area contributed by atoms with Crippen LogP contribution in [0.5, 0.6) is 0 Å². The van der Waals surface area contributed by atoms with Crippen LogP contribution < -0.4 is 0 Å². The topological polar surface area (TPSA) is 62.5 Å². The first-order valence-electron chi connectivity index (χ1n) is 10.0. The first kappa shape index (κ1) is 17.0. The van der Waals surface area contributed by atoms with E-state index >= 15 is 0 Å². The lowest BCUT2D eigenvalue weighted by atomic mass is 9.85. The Morgan fingerprint density at radius 1 is 1.20 bits per heavy atom. The molecule has 3 fully saturated rings. The highest BCUT2D eigenvalue weighted by atomic mass is 16.5. The third-order valence-electron chi connectivity index (χ3n) is 6.40. The summed E-state index contributed by atoms with van der Waals surface area (Å²) in [5.41, 5.74) is 0. The minimum atomic E-state index is 0.168. The van der Waals surface area contributed by atoms with Crippen LogP contribution >= 0.6 is 0 Å². The maximum Gasteiger partial charge on any atom is 0.229 e. The molecule has 2 saturated carbocycles. The highest BCUT2D eigenvalue weighted by molar-refractivity contribution is 5.73. The van der Waals surface area contributed by atoms with Crippen LogP contribution in [0, 0.1) is 0 Å². The van der Waals surface area contributed by atoms with Gasteiger partial charge in [-0.2, -0.15) is 4.98 Å². The lowest BCUT2D eigenvalue weighted by Gasteiger charge is -2.29. The van der Waals surface area contributed by atoms with Gasteiger partial charge < -0.3 is 9.42 Å². The van der Waals surface area contributed by atoms with Crippen LogP contribution in [0.25, 0.3) is 0 Å². The van der Waals surface area contributed by atoms with E-state index in [0.29, 0.717) is 24.9 Å². The number of nitrogens with zero attached hydrogens (tertiary/aromatic N) is 4. The molecule has 1 aliphatic heterocycles. The lowest BCUT2D eigenvalue weighted by Crippen LogP contribution is -2.43. The molecular formula is C19H30N4O2. The zero-order valence-corrected chi connectivity index (χ0v) is 15.3. The van der Waals surface area contributed by atoms with E-state index < -0.39 is 0 Å². The summed E-state index contributed by atoms with van der Waals surface area (Å²) < 4.78 is 5.40. The van der Waals surface area contributed by atoms with Gasteiger partial charge in [0.1, 0.15) is 0 Å². The van der Waals surface area contributed by atoms with E-state index in [2.05, 4.69) is 15.0 Å². The molecule has 0 bridgehead atoms. The molecule has 138 valence electrons. The summed E-state index contributed by atoms with van der Waals surface area (Å²) in [5, 5.41) is 4.12. The smallest absolute Gasteiger partial charge is 0.229 e. The fourth-order valence-corrected chi connectivity index (χ4v) is 4.63. The van der Waals surface area contributed by atoms with Gasteiger partial charge in [-0.15, -0.1) is 0 Å². The Kier molecular flexibility index (Phi) is 5.06. The first-order valence-corrected chi connectivity index (χ1v) is 10.0. The van der Waals surface area contributed by atoms with Crippen molar-refractivity contribution >= 4 is 5.91 Å². The fourth-order valence-electron chi connectivity index (χ4n) is 4.63. The second kappa shape index (κ2) is 7.44. The number of hydrogen-bond donors (Lipinski definition) is 0. The molecule has 0 spiro atoms. The van der Waals surface area contributed by atoms with Gasteiger partial charge in [-0.05, 0) is 32.1 Å². The largest absolute Gasteiger partial charge is 0.339 e. The molecule has 0 aromatic carbocycles. The summed E-state index contributed by atoms with van der Waals surface area (Å²) in [6.07, 6.45) is 10.8. The summed E-state index contributed by atoms with van der Waals surface area (Å²) in [7, 11) is 0. The SMILES string of the molecule is CC(=O)N(CCc1noc(C2CCC2)n1)C1CCN(C2CCCC2)C1. The van der Waals surface area contributed by atoms with Gasteiger partial charge >= 0.3 is 0 Å². The number of carbonyl (C=O) groups is 1. The van der Waals surface area contributed by atoms with E-state index in [1.54, 1.807) is 6.92 Å². The maximum absolute atomic E-state index is 12.2. The van der Waals surface area contributed by atoms with Crippen molar-refractivity contribution in [3.8, 4) is 0 Å². The van der Waals surface area contributed by atoms with E-state index in [9.17, 15) is 4.79 Å². The Morgan fingerprint density at radius 2 is 2.00 bits per heavy atom. The van der Waals surface area contributed by atoms with Gasteiger partial charge in [-0.25, -0.2) is 0 Å². The molecule has 1 amide bonds. The molecule has 0 radical (unpaired) electrons. The van der Waals surface area contributed by atoms with Gasteiger partial charge in [0.25, 0.3) is 0 Å². The van der Waals surface area contributed by atoms with Crippen molar-refractivity contribution in [2.75, 3.05) is 19.6 Å². The fraction of sp³-hybridized carbons (Fsp3) is 0.842. The molecule has 1 atom stereocenters. The van der Waals surface area contributed by atoms with Gasteiger partial charge in [0.05, 0.1) is 0 Å². The van der Waals surface area contributed by atoms with E-state index in [0.717, 1.165) is 37.3 Å². The highest BCUT2D eigenvalue weighted by Crippen LogP contribution is 2.35. The van der Waals surface area contributed by atoms with E-state index in [1.807, 2.05) is 4.90 Å². The number of carbonyl (C=O) groups excluding carboxylic acids is 1. The molecule has 6 heteroatoms. The second-order valence-corrected chi connectivity index (χ2v) is 8.01. The van der Waals surface area contributed by atoms with E-state index in [1.165, 1.54) is 44.9 Å². The normalized spacial score (nSPS) is 25.4. The molecule has 1 aromatic heterocycles. The van der Waals surface area contributed by atoms with Crippen molar-refractivity contribution in [2.45, 2.75) is 82.7 Å². The van der Waals surface area contributed by atoms with Gasteiger partial charge in [0, 0.05) is 51.0 Å². The monoisotopic (exact) mass is 346 g/mol. The molecule has 25 heavy (non-hydrogen) atoms. The third-order valence-corrected chi connectivity index (χ3v) is 6.40. The van der Waals surface area contributed by atoms with Crippen molar-refractivity contribution in [3.05, 3.63) is 11.7 Å². The van der Waals surface area contributed by atoms with Gasteiger partial charge in [-0.1, -0.05) is 24.4 Å². The Morgan fingerprint density at radius 3 is 2.68 bits per heavy atom. The molecule has 0 N–H and O–H groups in total. The van der Waals surface area contributed by atoms with Crippen LogP contribution in [-0.4, -0.2) is 57.6 Å². The van der Waals surface area contributed by atoms with Crippen LogP contribution in [0.3, 0.4) is 0 Å². The van der Waals surface area contributed by atoms with Crippen LogP contribution in [-0.2, 0) is 11.2 Å². The van der Waals surface area contributed by atoms with Crippen molar-refractivity contribution < 1.29 is 9.32 Å². The Hall–Kier alpha value is -1.43. The molecule has 3 aliphatic rings. The highest BCUT2D eigenvalue weighted by Gasteiger charge is 2.34. The molecule has 2 aliphatic carbocycles. The lowest BCUT2D eigenvalue weighted by molar-refractivity contribution is -0.130. The van der Waals surface area contributed by atoms with Crippen LogP contribution in [0.15, 0.2) is 4.52 Å². The first-order chi connectivity index (χ1) is 12.2. The maximum atomic E-state index is 12.2. The Bertz CT molecular complexity index is 592. The second-order valence-electron chi connectivity index (χ2n) is 8.01. The zero-order valence-electron chi connectivity index (χ0n) is 15.3. The van der Waals surface area contributed by atoms with Gasteiger partial charge in [0.2, 0.25) is 11.8 Å². The molecule has 1 unspecified atom stereocenters. The van der Waals surface area contributed by atoms with Crippen LogP contribution in [0.1, 0.15) is 75.9 Å². The average molecular weight is 346 g/mol. The predicted molar refractivity (Wildman–Crippen MR) is 94.2 cm³/mol. The summed E-state index contributed by atoms with van der Waals surface area (Å²) in [6, 6.07) is 1.09. The minimum Gasteiger partial charge on any atom is -0.339 e. The summed E-state index contributed by atoms with van der Waals surface area (Å²) >= 11 is 0. The summed E-state index contributed by atoms with van der Waals surface area (Å²) in [5.74, 6) is 2.18. The van der Waals surface area contributed by atoms with Crippen LogP contribution in [0.2, 0.25) is 0 Å². The quantitative estimate of drug-likeness (QED) is 0.792. The molecule has 1 aromatic rings. The molecule has 4 rings (SSSR count). The number of aromatic nitrogens is 2. The number of hydrogen-bond acceptors (Lipinski definition) is 5. The third kappa shape index (κ3) is 3.73. The summed E-state index contributed by atoms with van der Waals surface area (Å²) in [4.78, 5) is 21.4. The minimum absolute atomic E-state index is 0.168. The Balaban J connectivity index is 1.32. The van der Waals surface area contributed by atoms with E-state index in [-0.39, 0.29) is 5.91 Å². The van der Waals surface area contributed by atoms with E-state index in [4.69, 9.17) is 4.52 Å². The van der Waals surface area contributed by atoms with Crippen molar-refractivity contribution in [3.63, 3.8) is 0 Å².